The topological polar surface area (TPSA) is 55.2 Å². The van der Waals surface area contributed by atoms with Crippen molar-refractivity contribution in [3.63, 3.8) is 0 Å². The molecule has 1 N–H and O–H groups in total. The van der Waals surface area contributed by atoms with Gasteiger partial charge in [-0.3, -0.25) is 10.1 Å². The van der Waals surface area contributed by atoms with Crippen molar-refractivity contribution in [2.45, 2.75) is 39.2 Å². The average molecular weight is 266 g/mol. The van der Waals surface area contributed by atoms with E-state index in [0.29, 0.717) is 6.04 Å². The first kappa shape index (κ1) is 13.9. The highest BCUT2D eigenvalue weighted by molar-refractivity contribution is 5.36. The SMILES string of the molecule is CCNC(C)C1(Cc2ccc([N+](=O)[O-])c(F)c2)CC1. The molecule has 0 aromatic heterocycles. The molecular formula is C14H19FN2O2. The van der Waals surface area contributed by atoms with Gasteiger partial charge in [-0.1, -0.05) is 13.0 Å². The molecule has 1 aromatic rings. The number of nitrogens with one attached hydrogen (secondary N) is 1. The zero-order valence-corrected chi connectivity index (χ0v) is 11.3. The molecule has 1 aliphatic carbocycles. The van der Waals surface area contributed by atoms with Crippen molar-refractivity contribution < 1.29 is 9.31 Å². The Bertz CT molecular complexity index is 486. The fourth-order valence-electron chi connectivity index (χ4n) is 2.66. The van der Waals surface area contributed by atoms with Crippen molar-refractivity contribution in [1.82, 2.24) is 5.32 Å². The minimum Gasteiger partial charge on any atom is -0.314 e. The third-order valence-electron chi connectivity index (χ3n) is 4.09. The zero-order valence-electron chi connectivity index (χ0n) is 11.3. The summed E-state index contributed by atoms with van der Waals surface area (Å²) in [6.45, 7) is 5.13. The second kappa shape index (κ2) is 5.25. The van der Waals surface area contributed by atoms with Crippen LogP contribution in [-0.2, 0) is 6.42 Å². The maximum absolute atomic E-state index is 13.6. The van der Waals surface area contributed by atoms with Gasteiger partial charge < -0.3 is 5.32 Å². The molecule has 1 aliphatic rings. The van der Waals surface area contributed by atoms with Crippen molar-refractivity contribution in [2.24, 2.45) is 5.41 Å². The molecule has 1 atom stereocenters. The molecule has 0 saturated heterocycles. The molecule has 2 rings (SSSR count). The Morgan fingerprint density at radius 1 is 1.53 bits per heavy atom. The highest BCUT2D eigenvalue weighted by atomic mass is 19.1. The highest BCUT2D eigenvalue weighted by Gasteiger charge is 2.46. The molecule has 5 heteroatoms. The fourth-order valence-corrected chi connectivity index (χ4v) is 2.66. The van der Waals surface area contributed by atoms with Gasteiger partial charge in [0, 0.05) is 12.1 Å². The molecule has 0 heterocycles. The number of nitrogens with zero attached hydrogens (tertiary/aromatic N) is 1. The first-order valence-corrected chi connectivity index (χ1v) is 6.65. The maximum atomic E-state index is 13.6. The minimum absolute atomic E-state index is 0.193. The van der Waals surface area contributed by atoms with Gasteiger partial charge in [-0.05, 0) is 49.8 Å². The Balaban J connectivity index is 2.12. The summed E-state index contributed by atoms with van der Waals surface area (Å²) in [6, 6.07) is 4.62. The van der Waals surface area contributed by atoms with Crippen LogP contribution < -0.4 is 5.32 Å². The predicted molar refractivity (Wildman–Crippen MR) is 71.6 cm³/mol. The van der Waals surface area contributed by atoms with E-state index in [1.807, 2.05) is 0 Å². The minimum atomic E-state index is -0.741. The Morgan fingerprint density at radius 2 is 2.21 bits per heavy atom. The third-order valence-corrected chi connectivity index (χ3v) is 4.09. The van der Waals surface area contributed by atoms with Crippen LogP contribution in [0.1, 0.15) is 32.3 Å². The number of halogens is 1. The second-order valence-electron chi connectivity index (χ2n) is 5.36. The smallest absolute Gasteiger partial charge is 0.304 e. The summed E-state index contributed by atoms with van der Waals surface area (Å²) in [6.07, 6.45) is 3.02. The summed E-state index contributed by atoms with van der Waals surface area (Å²) in [7, 11) is 0. The van der Waals surface area contributed by atoms with Gasteiger partial charge in [0.2, 0.25) is 5.82 Å². The molecule has 0 amide bonds. The van der Waals surface area contributed by atoms with Crippen molar-refractivity contribution >= 4 is 5.69 Å². The summed E-state index contributed by atoms with van der Waals surface area (Å²) in [4.78, 5) is 9.89. The van der Waals surface area contributed by atoms with Gasteiger partial charge in [0.25, 0.3) is 0 Å². The van der Waals surface area contributed by atoms with Crippen molar-refractivity contribution in [1.29, 1.82) is 0 Å². The molecular weight excluding hydrogens is 247 g/mol. The number of hydrogen-bond acceptors (Lipinski definition) is 3. The van der Waals surface area contributed by atoms with Gasteiger partial charge in [-0.15, -0.1) is 0 Å². The Morgan fingerprint density at radius 3 is 2.68 bits per heavy atom. The van der Waals surface area contributed by atoms with E-state index in [1.54, 1.807) is 6.07 Å². The van der Waals surface area contributed by atoms with Gasteiger partial charge in [0.1, 0.15) is 0 Å². The van der Waals surface area contributed by atoms with E-state index in [4.69, 9.17) is 0 Å². The van der Waals surface area contributed by atoms with Crippen LogP contribution in [0.15, 0.2) is 18.2 Å². The standard InChI is InChI=1S/C14H19FN2O2/c1-3-16-10(2)14(6-7-14)9-11-4-5-13(17(18)19)12(15)8-11/h4-5,8,10,16H,3,6-7,9H2,1-2H3. The molecule has 0 bridgehead atoms. The summed E-state index contributed by atoms with van der Waals surface area (Å²) in [5, 5.41) is 14.0. The number of nitro benzene ring substituents is 1. The third kappa shape index (κ3) is 2.92. The first-order chi connectivity index (χ1) is 8.98. The zero-order chi connectivity index (χ0) is 14.0. The van der Waals surface area contributed by atoms with E-state index >= 15 is 0 Å². The lowest BCUT2D eigenvalue weighted by atomic mass is 9.89. The maximum Gasteiger partial charge on any atom is 0.304 e. The molecule has 0 spiro atoms. The molecule has 1 fully saturated rings. The largest absolute Gasteiger partial charge is 0.314 e. The average Bonchev–Trinajstić information content (AvgIpc) is 3.10. The van der Waals surface area contributed by atoms with Crippen LogP contribution >= 0.6 is 0 Å². The summed E-state index contributed by atoms with van der Waals surface area (Å²) in [5.41, 5.74) is 0.581. The molecule has 19 heavy (non-hydrogen) atoms. The molecule has 0 aliphatic heterocycles. The first-order valence-electron chi connectivity index (χ1n) is 6.65. The number of nitro groups is 1. The van der Waals surface area contributed by atoms with Crippen LogP contribution in [-0.4, -0.2) is 17.5 Å². The van der Waals surface area contributed by atoms with Gasteiger partial charge in [-0.25, -0.2) is 0 Å². The van der Waals surface area contributed by atoms with Crippen LogP contribution in [0.2, 0.25) is 0 Å². The normalized spacial score (nSPS) is 18.1. The van der Waals surface area contributed by atoms with E-state index in [0.717, 1.165) is 31.4 Å². The van der Waals surface area contributed by atoms with Gasteiger partial charge in [-0.2, -0.15) is 4.39 Å². The lowest BCUT2D eigenvalue weighted by molar-refractivity contribution is -0.387. The van der Waals surface area contributed by atoms with Crippen molar-refractivity contribution in [3.05, 3.63) is 39.7 Å². The second-order valence-corrected chi connectivity index (χ2v) is 5.36. The van der Waals surface area contributed by atoms with Crippen molar-refractivity contribution in [2.75, 3.05) is 6.54 Å². The summed E-state index contributed by atoms with van der Waals surface area (Å²) in [5.74, 6) is -0.741. The van der Waals surface area contributed by atoms with E-state index in [2.05, 4.69) is 19.2 Å². The van der Waals surface area contributed by atoms with Crippen LogP contribution in [0.4, 0.5) is 10.1 Å². The number of rotatable bonds is 6. The molecule has 0 radical (unpaired) electrons. The fraction of sp³-hybridized carbons (Fsp3) is 0.571. The van der Waals surface area contributed by atoms with Crippen LogP contribution in [0, 0.1) is 21.3 Å². The summed E-state index contributed by atoms with van der Waals surface area (Å²) < 4.78 is 13.6. The Kier molecular flexibility index (Phi) is 3.85. The number of hydrogen-bond donors (Lipinski definition) is 1. The molecule has 1 unspecified atom stereocenters. The van der Waals surface area contributed by atoms with Crippen molar-refractivity contribution in [3.8, 4) is 0 Å². The monoisotopic (exact) mass is 266 g/mol. The van der Waals surface area contributed by atoms with Gasteiger partial charge in [0.05, 0.1) is 4.92 Å². The Hall–Kier alpha value is -1.49. The molecule has 1 saturated carbocycles. The summed E-state index contributed by atoms with van der Waals surface area (Å²) >= 11 is 0. The molecule has 1 aromatic carbocycles. The highest BCUT2D eigenvalue weighted by Crippen LogP contribution is 2.51. The number of benzene rings is 1. The van der Waals surface area contributed by atoms with E-state index in [-0.39, 0.29) is 5.41 Å². The quantitative estimate of drug-likeness (QED) is 0.636. The van der Waals surface area contributed by atoms with Gasteiger partial charge >= 0.3 is 5.69 Å². The lowest BCUT2D eigenvalue weighted by Gasteiger charge is -2.24. The molecule has 104 valence electrons. The molecule has 4 nitrogen and oxygen atoms in total. The van der Waals surface area contributed by atoms with Gasteiger partial charge in [0.15, 0.2) is 0 Å². The predicted octanol–water partition coefficient (Wildman–Crippen LogP) is 3.05. The van der Waals surface area contributed by atoms with E-state index < -0.39 is 16.4 Å². The van der Waals surface area contributed by atoms with Crippen LogP contribution in [0.5, 0.6) is 0 Å². The van der Waals surface area contributed by atoms with Crippen LogP contribution in [0.3, 0.4) is 0 Å². The Labute approximate surface area is 112 Å². The van der Waals surface area contributed by atoms with Crippen LogP contribution in [0.25, 0.3) is 0 Å². The van der Waals surface area contributed by atoms with E-state index in [1.165, 1.54) is 12.1 Å². The lowest BCUT2D eigenvalue weighted by Crippen LogP contribution is -2.35. The van der Waals surface area contributed by atoms with E-state index in [9.17, 15) is 14.5 Å².